The number of aliphatic hydroxyl groups is 1. The second-order valence-corrected chi connectivity index (χ2v) is 6.19. The number of rotatable bonds is 1. The highest BCUT2D eigenvalue weighted by molar-refractivity contribution is 6.07. The van der Waals surface area contributed by atoms with Crippen molar-refractivity contribution in [3.05, 3.63) is 40.6 Å². The van der Waals surface area contributed by atoms with E-state index in [0.717, 1.165) is 27.7 Å². The lowest BCUT2D eigenvalue weighted by atomic mass is 10.00. The van der Waals surface area contributed by atoms with E-state index in [0.29, 0.717) is 25.3 Å². The zero-order chi connectivity index (χ0) is 16.6. The summed E-state index contributed by atoms with van der Waals surface area (Å²) >= 11 is 0. The molecule has 0 saturated carbocycles. The smallest absolute Gasteiger partial charge is 0.254 e. The Labute approximate surface area is 135 Å². The lowest BCUT2D eigenvalue weighted by Gasteiger charge is -2.22. The van der Waals surface area contributed by atoms with Gasteiger partial charge in [0.05, 0.1) is 30.4 Å². The number of fused-ring (bicyclic) bond motifs is 1. The maximum absolute atomic E-state index is 13.0. The van der Waals surface area contributed by atoms with E-state index in [1.54, 1.807) is 4.90 Å². The molecule has 0 aliphatic carbocycles. The predicted octanol–water partition coefficient (Wildman–Crippen LogP) is 1.99. The molecular formula is C18H22N2O3. The average Bonchev–Trinajstić information content (AvgIpc) is 2.74. The van der Waals surface area contributed by atoms with Crippen molar-refractivity contribution in [3.8, 4) is 0 Å². The molecule has 1 aromatic carbocycles. The Morgan fingerprint density at radius 2 is 2.13 bits per heavy atom. The minimum absolute atomic E-state index is 0.0756. The largest absolute Gasteiger partial charge is 0.389 e. The Balaban J connectivity index is 2.08. The Bertz CT molecular complexity index is 758. The molecule has 0 bridgehead atoms. The quantitative estimate of drug-likeness (QED) is 0.874. The maximum atomic E-state index is 13.0. The molecule has 1 aliphatic rings. The first-order valence-electron chi connectivity index (χ1n) is 7.90. The predicted molar refractivity (Wildman–Crippen MR) is 88.7 cm³/mol. The molecule has 1 fully saturated rings. The number of aliphatic hydroxyl groups excluding tert-OH is 1. The highest BCUT2D eigenvalue weighted by atomic mass is 16.5. The van der Waals surface area contributed by atoms with Crippen molar-refractivity contribution in [1.82, 2.24) is 9.88 Å². The van der Waals surface area contributed by atoms with Crippen molar-refractivity contribution in [1.29, 1.82) is 0 Å². The third-order valence-electron chi connectivity index (χ3n) is 4.40. The number of hydrogen-bond donors (Lipinski definition) is 1. The van der Waals surface area contributed by atoms with Gasteiger partial charge in [0.15, 0.2) is 0 Å². The second kappa shape index (κ2) is 6.26. The Morgan fingerprint density at radius 3 is 2.91 bits per heavy atom. The number of amides is 1. The highest BCUT2D eigenvalue weighted by Gasteiger charge is 2.24. The van der Waals surface area contributed by atoms with E-state index >= 15 is 0 Å². The Hall–Kier alpha value is -1.98. The topological polar surface area (TPSA) is 62.7 Å². The zero-order valence-corrected chi connectivity index (χ0v) is 13.8. The summed E-state index contributed by atoms with van der Waals surface area (Å²) in [5, 5.41) is 10.7. The number of ether oxygens (including phenoxy) is 1. The summed E-state index contributed by atoms with van der Waals surface area (Å²) in [5.41, 5.74) is 4.60. The van der Waals surface area contributed by atoms with Crippen molar-refractivity contribution in [2.45, 2.75) is 26.9 Å². The lowest BCUT2D eigenvalue weighted by molar-refractivity contribution is 0.0535. The fourth-order valence-corrected chi connectivity index (χ4v) is 2.98. The molecule has 2 heterocycles. The van der Waals surface area contributed by atoms with Gasteiger partial charge >= 0.3 is 0 Å². The summed E-state index contributed by atoms with van der Waals surface area (Å²) in [7, 11) is 0. The van der Waals surface area contributed by atoms with Gasteiger partial charge in [0, 0.05) is 24.2 Å². The van der Waals surface area contributed by atoms with Gasteiger partial charge in [0.25, 0.3) is 5.91 Å². The van der Waals surface area contributed by atoms with Crippen LogP contribution >= 0.6 is 0 Å². The molecule has 1 aromatic heterocycles. The molecule has 2 aromatic rings. The molecule has 3 rings (SSSR count). The molecule has 1 N–H and O–H groups in total. The summed E-state index contributed by atoms with van der Waals surface area (Å²) < 4.78 is 5.31. The van der Waals surface area contributed by atoms with E-state index < -0.39 is 6.10 Å². The van der Waals surface area contributed by atoms with Gasteiger partial charge in [0.2, 0.25) is 0 Å². The Kier molecular flexibility index (Phi) is 4.33. The van der Waals surface area contributed by atoms with E-state index in [1.807, 2.05) is 39.0 Å². The van der Waals surface area contributed by atoms with E-state index in [9.17, 15) is 9.90 Å². The van der Waals surface area contributed by atoms with Crippen LogP contribution in [0, 0.1) is 20.8 Å². The molecule has 5 heteroatoms. The van der Waals surface area contributed by atoms with E-state index in [2.05, 4.69) is 4.98 Å². The van der Waals surface area contributed by atoms with Crippen molar-refractivity contribution in [2.75, 3.05) is 26.3 Å². The van der Waals surface area contributed by atoms with E-state index in [1.165, 1.54) is 0 Å². The third-order valence-corrected chi connectivity index (χ3v) is 4.40. The summed E-state index contributed by atoms with van der Waals surface area (Å²) in [6.45, 7) is 7.49. The molecule has 1 saturated heterocycles. The van der Waals surface area contributed by atoms with Gasteiger partial charge in [-0.05, 0) is 38.0 Å². The number of pyridine rings is 1. The maximum Gasteiger partial charge on any atom is 0.254 e. The van der Waals surface area contributed by atoms with Gasteiger partial charge in [0.1, 0.15) is 0 Å². The van der Waals surface area contributed by atoms with Crippen molar-refractivity contribution >= 4 is 16.8 Å². The number of β-amino-alcohol motifs (C(OH)–C–C–N with tert-alkyl or cyclic N) is 1. The van der Waals surface area contributed by atoms with Crippen LogP contribution in [0.15, 0.2) is 18.2 Å². The van der Waals surface area contributed by atoms with Crippen LogP contribution in [0.5, 0.6) is 0 Å². The van der Waals surface area contributed by atoms with Gasteiger partial charge in [-0.1, -0.05) is 12.1 Å². The van der Waals surface area contributed by atoms with Crippen LogP contribution in [0.2, 0.25) is 0 Å². The highest BCUT2D eigenvalue weighted by Crippen LogP contribution is 2.25. The van der Waals surface area contributed by atoms with Crippen molar-refractivity contribution in [3.63, 3.8) is 0 Å². The van der Waals surface area contributed by atoms with Crippen molar-refractivity contribution in [2.24, 2.45) is 0 Å². The first kappa shape index (κ1) is 15.9. The van der Waals surface area contributed by atoms with E-state index in [4.69, 9.17) is 4.74 Å². The first-order chi connectivity index (χ1) is 11.0. The summed E-state index contributed by atoms with van der Waals surface area (Å²) in [4.78, 5) is 19.3. The van der Waals surface area contributed by atoms with Crippen LogP contribution < -0.4 is 0 Å². The Morgan fingerprint density at radius 1 is 1.35 bits per heavy atom. The summed E-state index contributed by atoms with van der Waals surface area (Å²) in [6, 6.07) is 5.81. The number of carbonyl (C=O) groups is 1. The molecule has 5 nitrogen and oxygen atoms in total. The molecule has 0 spiro atoms. The van der Waals surface area contributed by atoms with Crippen LogP contribution in [-0.2, 0) is 4.74 Å². The number of aryl methyl sites for hydroxylation is 3. The van der Waals surface area contributed by atoms with Crippen LogP contribution in [0.4, 0.5) is 0 Å². The normalized spacial score (nSPS) is 19.0. The summed E-state index contributed by atoms with van der Waals surface area (Å²) in [6.07, 6.45) is -0.639. The van der Waals surface area contributed by atoms with Crippen LogP contribution in [0.25, 0.3) is 10.9 Å². The minimum atomic E-state index is -0.639. The lowest BCUT2D eigenvalue weighted by Crippen LogP contribution is -2.37. The number of benzene rings is 1. The van der Waals surface area contributed by atoms with Gasteiger partial charge in [-0.25, -0.2) is 0 Å². The molecule has 1 aliphatic heterocycles. The number of hydrogen-bond acceptors (Lipinski definition) is 4. The van der Waals surface area contributed by atoms with Crippen molar-refractivity contribution < 1.29 is 14.6 Å². The minimum Gasteiger partial charge on any atom is -0.389 e. The first-order valence-corrected chi connectivity index (χ1v) is 7.90. The molecular weight excluding hydrogens is 292 g/mol. The van der Waals surface area contributed by atoms with Crippen LogP contribution in [0.3, 0.4) is 0 Å². The third kappa shape index (κ3) is 3.07. The molecule has 122 valence electrons. The monoisotopic (exact) mass is 314 g/mol. The van der Waals surface area contributed by atoms with Gasteiger partial charge in [-0.15, -0.1) is 0 Å². The zero-order valence-electron chi connectivity index (χ0n) is 13.8. The fraction of sp³-hybridized carbons (Fsp3) is 0.444. The van der Waals surface area contributed by atoms with E-state index in [-0.39, 0.29) is 12.5 Å². The van der Waals surface area contributed by atoms with Gasteiger partial charge in [-0.3, -0.25) is 9.78 Å². The summed E-state index contributed by atoms with van der Waals surface area (Å²) in [5.74, 6) is -0.0756. The molecule has 1 atom stereocenters. The molecule has 1 amide bonds. The standard InChI is InChI=1S/C18H22N2O3/c1-11-4-5-15-16(8-12(2)19-17(15)13(11)3)18(22)20-6-7-23-10-14(21)9-20/h4-5,8,14,21H,6-7,9-10H2,1-3H3/t14-/m1/s1. The second-order valence-electron chi connectivity index (χ2n) is 6.19. The molecule has 0 unspecified atom stereocenters. The van der Waals surface area contributed by atoms with Gasteiger partial charge in [-0.2, -0.15) is 0 Å². The number of carbonyl (C=O) groups excluding carboxylic acids is 1. The van der Waals surface area contributed by atoms with Gasteiger partial charge < -0.3 is 14.7 Å². The van der Waals surface area contributed by atoms with Crippen LogP contribution in [0.1, 0.15) is 27.2 Å². The molecule has 0 radical (unpaired) electrons. The average molecular weight is 314 g/mol. The fourth-order valence-electron chi connectivity index (χ4n) is 2.98. The number of aromatic nitrogens is 1. The SMILES string of the molecule is Cc1cc(C(=O)N2CCOC[C@H](O)C2)c2ccc(C)c(C)c2n1. The number of nitrogens with zero attached hydrogens (tertiary/aromatic N) is 2. The van der Waals surface area contributed by atoms with Crippen LogP contribution in [-0.4, -0.2) is 53.3 Å². The molecule has 23 heavy (non-hydrogen) atoms.